The topological polar surface area (TPSA) is 40.5 Å². The van der Waals surface area contributed by atoms with Crippen molar-refractivity contribution in [1.82, 2.24) is 0 Å². The molecular weight excluding hydrogens is 247 g/mol. The molecule has 16 heavy (non-hydrogen) atoms. The summed E-state index contributed by atoms with van der Waals surface area (Å²) in [7, 11) is 0. The van der Waals surface area contributed by atoms with Crippen LogP contribution < -0.4 is 0 Å². The Kier molecular flexibility index (Phi) is 2.95. The van der Waals surface area contributed by atoms with Crippen LogP contribution in [0.1, 0.15) is 0 Å². The zero-order valence-electron chi connectivity index (χ0n) is 8.11. The van der Waals surface area contributed by atoms with Crippen LogP contribution in [0.25, 0.3) is 11.1 Å². The Morgan fingerprint density at radius 1 is 0.688 bits per heavy atom. The molecule has 0 spiro atoms. The van der Waals surface area contributed by atoms with E-state index in [-0.39, 0.29) is 16.5 Å². The van der Waals surface area contributed by atoms with Gasteiger partial charge in [0, 0.05) is 16.1 Å². The molecule has 82 valence electrons. The monoisotopic (exact) mass is 254 g/mol. The summed E-state index contributed by atoms with van der Waals surface area (Å²) in [6, 6.07) is 10.2. The van der Waals surface area contributed by atoms with Crippen molar-refractivity contribution in [3.63, 3.8) is 0 Å². The Morgan fingerprint density at radius 3 is 2.06 bits per heavy atom. The first-order chi connectivity index (χ1) is 7.61. The highest BCUT2D eigenvalue weighted by Gasteiger charge is 2.13. The van der Waals surface area contributed by atoms with E-state index in [1.807, 2.05) is 0 Å². The van der Waals surface area contributed by atoms with Crippen LogP contribution in [-0.4, -0.2) is 10.2 Å². The molecule has 0 saturated carbocycles. The summed E-state index contributed by atoms with van der Waals surface area (Å²) in [5.41, 5.74) is 1.10. The quantitative estimate of drug-likeness (QED) is 0.754. The predicted octanol–water partition coefficient (Wildman–Crippen LogP) is 4.07. The molecule has 0 bridgehead atoms. The smallest absolute Gasteiger partial charge is 0.177 e. The van der Waals surface area contributed by atoms with Crippen molar-refractivity contribution in [3.8, 4) is 22.6 Å². The van der Waals surface area contributed by atoms with Gasteiger partial charge in [0.15, 0.2) is 11.5 Å². The highest BCUT2D eigenvalue weighted by molar-refractivity contribution is 6.34. The van der Waals surface area contributed by atoms with Gasteiger partial charge in [0.2, 0.25) is 0 Å². The lowest BCUT2D eigenvalue weighted by atomic mass is 10.0. The van der Waals surface area contributed by atoms with Crippen molar-refractivity contribution in [2.24, 2.45) is 0 Å². The van der Waals surface area contributed by atoms with Crippen LogP contribution in [0.4, 0.5) is 0 Å². The van der Waals surface area contributed by atoms with Gasteiger partial charge in [-0.15, -0.1) is 0 Å². The van der Waals surface area contributed by atoms with Crippen molar-refractivity contribution in [3.05, 3.63) is 46.4 Å². The van der Waals surface area contributed by atoms with Crippen molar-refractivity contribution in [2.75, 3.05) is 0 Å². The first-order valence-corrected chi connectivity index (χ1v) is 5.32. The van der Waals surface area contributed by atoms with Crippen molar-refractivity contribution < 1.29 is 10.2 Å². The third kappa shape index (κ3) is 1.82. The number of phenolic OH excluding ortho intramolecular Hbond substituents is 2. The van der Waals surface area contributed by atoms with Gasteiger partial charge in [0.25, 0.3) is 0 Å². The molecule has 0 radical (unpaired) electrons. The molecule has 2 aromatic carbocycles. The molecule has 0 aliphatic carbocycles. The normalized spacial score (nSPS) is 10.4. The van der Waals surface area contributed by atoms with E-state index >= 15 is 0 Å². The SMILES string of the molecule is Oc1c(Cl)ccc(-c2ccccc2Cl)c1O. The maximum atomic E-state index is 9.76. The molecular formula is C12H8Cl2O2. The van der Waals surface area contributed by atoms with Gasteiger partial charge >= 0.3 is 0 Å². The Bertz CT molecular complexity index is 539. The average molecular weight is 255 g/mol. The first-order valence-electron chi connectivity index (χ1n) is 4.56. The molecule has 2 aromatic rings. The highest BCUT2D eigenvalue weighted by atomic mass is 35.5. The Labute approximate surface area is 103 Å². The van der Waals surface area contributed by atoms with Crippen LogP contribution in [-0.2, 0) is 0 Å². The van der Waals surface area contributed by atoms with Crippen molar-refractivity contribution >= 4 is 23.2 Å². The van der Waals surface area contributed by atoms with Gasteiger partial charge in [-0.25, -0.2) is 0 Å². The van der Waals surface area contributed by atoms with E-state index in [2.05, 4.69) is 0 Å². The Balaban J connectivity index is 2.66. The van der Waals surface area contributed by atoms with Gasteiger partial charge in [-0.1, -0.05) is 41.4 Å². The summed E-state index contributed by atoms with van der Waals surface area (Å²) in [5.74, 6) is -0.598. The molecule has 0 atom stereocenters. The number of phenols is 2. The summed E-state index contributed by atoms with van der Waals surface area (Å²) in [4.78, 5) is 0. The largest absolute Gasteiger partial charge is 0.504 e. The fraction of sp³-hybridized carbons (Fsp3) is 0. The Hall–Kier alpha value is -1.38. The van der Waals surface area contributed by atoms with Crippen LogP contribution >= 0.6 is 23.2 Å². The lowest BCUT2D eigenvalue weighted by Gasteiger charge is -2.08. The fourth-order valence-corrected chi connectivity index (χ4v) is 1.84. The second-order valence-electron chi connectivity index (χ2n) is 3.27. The molecule has 0 aliphatic heterocycles. The molecule has 2 N–H and O–H groups in total. The van der Waals surface area contributed by atoms with E-state index in [4.69, 9.17) is 23.2 Å². The lowest BCUT2D eigenvalue weighted by molar-refractivity contribution is 0.405. The minimum Gasteiger partial charge on any atom is -0.504 e. The summed E-state index contributed by atoms with van der Waals surface area (Å²) in [6.45, 7) is 0. The number of halogens is 2. The van der Waals surface area contributed by atoms with Gasteiger partial charge < -0.3 is 10.2 Å². The van der Waals surface area contributed by atoms with E-state index < -0.39 is 0 Å². The van der Waals surface area contributed by atoms with Gasteiger partial charge in [0.1, 0.15) is 0 Å². The summed E-state index contributed by atoms with van der Waals surface area (Å²) >= 11 is 11.7. The molecule has 0 fully saturated rings. The fourth-order valence-electron chi connectivity index (χ4n) is 1.45. The molecule has 0 aromatic heterocycles. The summed E-state index contributed by atoms with van der Waals surface area (Å²) in [5, 5.41) is 19.9. The maximum Gasteiger partial charge on any atom is 0.177 e. The molecule has 0 aliphatic rings. The standard InChI is InChI=1S/C12H8Cl2O2/c13-9-4-2-1-3-7(9)8-5-6-10(14)12(16)11(8)15/h1-6,15-16H. The van der Waals surface area contributed by atoms with Gasteiger partial charge in [0.05, 0.1) is 5.02 Å². The van der Waals surface area contributed by atoms with E-state index in [9.17, 15) is 10.2 Å². The minimum absolute atomic E-state index is 0.105. The van der Waals surface area contributed by atoms with Gasteiger partial charge in [-0.3, -0.25) is 0 Å². The maximum absolute atomic E-state index is 9.76. The van der Waals surface area contributed by atoms with Crippen molar-refractivity contribution in [1.29, 1.82) is 0 Å². The van der Waals surface area contributed by atoms with Gasteiger partial charge in [-0.05, 0) is 18.2 Å². The molecule has 0 unspecified atom stereocenters. The second-order valence-corrected chi connectivity index (χ2v) is 4.09. The minimum atomic E-state index is -0.334. The molecule has 0 amide bonds. The number of hydrogen-bond acceptors (Lipinski definition) is 2. The molecule has 2 rings (SSSR count). The van der Waals surface area contributed by atoms with Crippen LogP contribution in [0.2, 0.25) is 10.0 Å². The summed E-state index contributed by atoms with van der Waals surface area (Å²) in [6.07, 6.45) is 0. The number of benzene rings is 2. The zero-order valence-corrected chi connectivity index (χ0v) is 9.63. The van der Waals surface area contributed by atoms with E-state index in [0.29, 0.717) is 16.1 Å². The number of aromatic hydroxyl groups is 2. The first kappa shape index (κ1) is 11.1. The van der Waals surface area contributed by atoms with Gasteiger partial charge in [-0.2, -0.15) is 0 Å². The van der Waals surface area contributed by atoms with E-state index in [1.54, 1.807) is 30.3 Å². The third-order valence-electron chi connectivity index (χ3n) is 2.27. The molecule has 2 nitrogen and oxygen atoms in total. The molecule has 4 heteroatoms. The molecule has 0 saturated heterocycles. The Morgan fingerprint density at radius 2 is 1.38 bits per heavy atom. The zero-order chi connectivity index (χ0) is 11.7. The predicted molar refractivity (Wildman–Crippen MR) is 65.2 cm³/mol. The van der Waals surface area contributed by atoms with Crippen LogP contribution in [0, 0.1) is 0 Å². The summed E-state index contributed by atoms with van der Waals surface area (Å²) < 4.78 is 0. The highest BCUT2D eigenvalue weighted by Crippen LogP contribution is 2.42. The number of rotatable bonds is 1. The van der Waals surface area contributed by atoms with Crippen LogP contribution in [0.15, 0.2) is 36.4 Å². The van der Waals surface area contributed by atoms with E-state index in [1.165, 1.54) is 6.07 Å². The lowest BCUT2D eigenvalue weighted by Crippen LogP contribution is -1.82. The van der Waals surface area contributed by atoms with Crippen LogP contribution in [0.5, 0.6) is 11.5 Å². The van der Waals surface area contributed by atoms with Crippen molar-refractivity contribution in [2.45, 2.75) is 0 Å². The average Bonchev–Trinajstić information content (AvgIpc) is 2.28. The molecule has 0 heterocycles. The second kappa shape index (κ2) is 4.24. The number of hydrogen-bond donors (Lipinski definition) is 2. The third-order valence-corrected chi connectivity index (χ3v) is 2.90. The van der Waals surface area contributed by atoms with E-state index in [0.717, 1.165) is 0 Å². The van der Waals surface area contributed by atoms with Crippen LogP contribution in [0.3, 0.4) is 0 Å².